The monoisotopic (exact) mass is 405 g/mol. The largest absolute Gasteiger partial charge is 0.456 e. The Kier molecular flexibility index (Phi) is 5.74. The molecule has 1 saturated heterocycles. The lowest BCUT2D eigenvalue weighted by Gasteiger charge is -2.19. The van der Waals surface area contributed by atoms with Gasteiger partial charge in [-0.2, -0.15) is 0 Å². The minimum absolute atomic E-state index is 0.288. The van der Waals surface area contributed by atoms with Gasteiger partial charge < -0.3 is 4.74 Å². The number of Topliss-reactive ketones (excluding diaryl/α,β-unsaturated/α-hetero) is 1. The van der Waals surface area contributed by atoms with Crippen LogP contribution in [0.4, 0.5) is 0 Å². The highest BCUT2D eigenvalue weighted by Gasteiger charge is 2.48. The van der Waals surface area contributed by atoms with Crippen molar-refractivity contribution < 1.29 is 23.9 Å². The van der Waals surface area contributed by atoms with E-state index in [1.807, 2.05) is 42.5 Å². The topological polar surface area (TPSA) is 80.8 Å². The fourth-order valence-electron chi connectivity index (χ4n) is 4.27. The van der Waals surface area contributed by atoms with E-state index in [0.29, 0.717) is 18.4 Å². The van der Waals surface area contributed by atoms with E-state index in [0.717, 1.165) is 28.9 Å². The van der Waals surface area contributed by atoms with Crippen molar-refractivity contribution >= 4 is 23.6 Å². The van der Waals surface area contributed by atoms with Gasteiger partial charge in [-0.25, -0.2) is 0 Å². The molecule has 2 aromatic rings. The lowest BCUT2D eigenvalue weighted by Crippen LogP contribution is -2.37. The average molecular weight is 405 g/mol. The summed E-state index contributed by atoms with van der Waals surface area (Å²) in [6.07, 6.45) is 3.24. The Bertz CT molecular complexity index is 943. The first kappa shape index (κ1) is 20.0. The van der Waals surface area contributed by atoms with Crippen LogP contribution in [-0.4, -0.2) is 41.6 Å². The summed E-state index contributed by atoms with van der Waals surface area (Å²) in [5, 5.41) is 0. The molecule has 0 unspecified atom stereocenters. The molecule has 6 nitrogen and oxygen atoms in total. The summed E-state index contributed by atoms with van der Waals surface area (Å²) in [5.74, 6) is -2.26. The van der Waals surface area contributed by atoms with Crippen LogP contribution >= 0.6 is 0 Å². The van der Waals surface area contributed by atoms with E-state index in [1.54, 1.807) is 12.1 Å². The van der Waals surface area contributed by atoms with Gasteiger partial charge in [-0.1, -0.05) is 67.4 Å². The second-order valence-corrected chi connectivity index (χ2v) is 7.79. The normalized spacial score (nSPS) is 20.7. The third-order valence-corrected chi connectivity index (χ3v) is 5.90. The fraction of sp³-hybridized carbons (Fsp3) is 0.333. The third-order valence-electron chi connectivity index (χ3n) is 5.90. The van der Waals surface area contributed by atoms with Crippen LogP contribution in [0.15, 0.2) is 54.6 Å². The van der Waals surface area contributed by atoms with Crippen LogP contribution in [0.25, 0.3) is 11.1 Å². The van der Waals surface area contributed by atoms with Gasteiger partial charge in [0.05, 0.1) is 11.8 Å². The number of carbonyl (C=O) groups excluding carboxylic acids is 4. The Morgan fingerprint density at radius 2 is 1.40 bits per heavy atom. The number of esters is 1. The molecule has 6 heteroatoms. The SMILES string of the molecule is O=C(CN1C(=O)[C@H]2CCCC[C@@H]2C1=O)OCC(=O)c1ccc(-c2ccccc2)cc1. The maximum absolute atomic E-state index is 12.4. The lowest BCUT2D eigenvalue weighted by atomic mass is 9.81. The molecule has 4 rings (SSSR count). The molecule has 0 radical (unpaired) electrons. The van der Waals surface area contributed by atoms with Crippen LogP contribution in [0.3, 0.4) is 0 Å². The minimum atomic E-state index is -0.746. The molecule has 154 valence electrons. The predicted molar refractivity (Wildman–Crippen MR) is 109 cm³/mol. The summed E-state index contributed by atoms with van der Waals surface area (Å²) < 4.78 is 5.05. The lowest BCUT2D eigenvalue weighted by molar-refractivity contribution is -0.152. The van der Waals surface area contributed by atoms with E-state index in [-0.39, 0.29) is 29.4 Å². The molecule has 2 fully saturated rings. The Hall–Kier alpha value is -3.28. The summed E-state index contributed by atoms with van der Waals surface area (Å²) in [4.78, 5) is 50.3. The molecule has 2 amide bonds. The van der Waals surface area contributed by atoms with E-state index in [4.69, 9.17) is 4.74 Å². The van der Waals surface area contributed by atoms with Gasteiger partial charge in [0, 0.05) is 5.56 Å². The number of hydrogen-bond acceptors (Lipinski definition) is 5. The second-order valence-electron chi connectivity index (χ2n) is 7.79. The minimum Gasteiger partial charge on any atom is -0.456 e. The van der Waals surface area contributed by atoms with Crippen LogP contribution in [0, 0.1) is 11.8 Å². The number of ketones is 1. The number of fused-ring (bicyclic) bond motifs is 1. The number of ether oxygens (including phenoxy) is 1. The van der Waals surface area contributed by atoms with Crippen molar-refractivity contribution in [2.24, 2.45) is 11.8 Å². The van der Waals surface area contributed by atoms with E-state index in [9.17, 15) is 19.2 Å². The predicted octanol–water partition coefficient (Wildman–Crippen LogP) is 3.25. The maximum Gasteiger partial charge on any atom is 0.326 e. The molecule has 2 atom stereocenters. The van der Waals surface area contributed by atoms with E-state index < -0.39 is 19.1 Å². The van der Waals surface area contributed by atoms with Crippen molar-refractivity contribution in [2.75, 3.05) is 13.2 Å². The number of amides is 2. The Morgan fingerprint density at radius 3 is 2.00 bits per heavy atom. The second kappa shape index (κ2) is 8.61. The molecule has 1 aliphatic carbocycles. The van der Waals surface area contributed by atoms with Crippen molar-refractivity contribution in [2.45, 2.75) is 25.7 Å². The first-order chi connectivity index (χ1) is 14.5. The van der Waals surface area contributed by atoms with Crippen LogP contribution < -0.4 is 0 Å². The number of carbonyl (C=O) groups is 4. The van der Waals surface area contributed by atoms with Crippen molar-refractivity contribution in [1.29, 1.82) is 0 Å². The van der Waals surface area contributed by atoms with Gasteiger partial charge >= 0.3 is 5.97 Å². The molecule has 1 saturated carbocycles. The first-order valence-electron chi connectivity index (χ1n) is 10.2. The molecule has 0 spiro atoms. The first-order valence-corrected chi connectivity index (χ1v) is 10.2. The molecule has 0 bridgehead atoms. The molecule has 1 heterocycles. The number of rotatable bonds is 6. The Balaban J connectivity index is 1.31. The zero-order valence-electron chi connectivity index (χ0n) is 16.6. The number of hydrogen-bond donors (Lipinski definition) is 0. The maximum atomic E-state index is 12.4. The summed E-state index contributed by atoms with van der Waals surface area (Å²) in [5.41, 5.74) is 2.46. The van der Waals surface area contributed by atoms with Gasteiger partial charge in [0.1, 0.15) is 6.54 Å². The molecule has 0 aromatic heterocycles. The molecular weight excluding hydrogens is 382 g/mol. The van der Waals surface area contributed by atoms with Gasteiger partial charge in [-0.05, 0) is 24.0 Å². The summed E-state index contributed by atoms with van der Waals surface area (Å²) in [6.45, 7) is -0.850. The van der Waals surface area contributed by atoms with Crippen molar-refractivity contribution in [3.63, 3.8) is 0 Å². The fourth-order valence-corrected chi connectivity index (χ4v) is 4.27. The van der Waals surface area contributed by atoms with E-state index in [1.165, 1.54) is 0 Å². The van der Waals surface area contributed by atoms with Gasteiger partial charge in [0.2, 0.25) is 11.8 Å². The van der Waals surface area contributed by atoms with Crippen LogP contribution in [0.2, 0.25) is 0 Å². The van der Waals surface area contributed by atoms with Crippen LogP contribution in [-0.2, 0) is 19.1 Å². The zero-order valence-corrected chi connectivity index (χ0v) is 16.6. The standard InChI is InChI=1S/C24H23NO5/c26-21(18-12-10-17(11-13-18)16-6-2-1-3-7-16)15-30-22(27)14-25-23(28)19-8-4-5-9-20(19)24(25)29/h1-3,6-7,10-13,19-20H,4-5,8-9,14-15H2/t19-,20-/m0/s1. The van der Waals surface area contributed by atoms with E-state index >= 15 is 0 Å². The van der Waals surface area contributed by atoms with Crippen molar-refractivity contribution in [3.8, 4) is 11.1 Å². The highest BCUT2D eigenvalue weighted by atomic mass is 16.5. The highest BCUT2D eigenvalue weighted by Crippen LogP contribution is 2.37. The molecule has 1 aliphatic heterocycles. The smallest absolute Gasteiger partial charge is 0.326 e. The number of likely N-dealkylation sites (tertiary alicyclic amines) is 1. The van der Waals surface area contributed by atoms with Crippen LogP contribution in [0.1, 0.15) is 36.0 Å². The molecular formula is C24H23NO5. The Labute approximate surface area is 174 Å². The number of benzene rings is 2. The molecule has 2 aliphatic rings. The number of nitrogens with zero attached hydrogens (tertiary/aromatic N) is 1. The molecule has 30 heavy (non-hydrogen) atoms. The van der Waals surface area contributed by atoms with Crippen molar-refractivity contribution in [1.82, 2.24) is 4.90 Å². The van der Waals surface area contributed by atoms with Gasteiger partial charge in [-0.3, -0.25) is 24.1 Å². The highest BCUT2D eigenvalue weighted by molar-refractivity contribution is 6.07. The van der Waals surface area contributed by atoms with Crippen LogP contribution in [0.5, 0.6) is 0 Å². The summed E-state index contributed by atoms with van der Waals surface area (Å²) in [7, 11) is 0. The summed E-state index contributed by atoms with van der Waals surface area (Å²) >= 11 is 0. The molecule has 0 N–H and O–H groups in total. The zero-order chi connectivity index (χ0) is 21.1. The van der Waals surface area contributed by atoms with Gasteiger partial charge in [0.15, 0.2) is 12.4 Å². The quantitative estimate of drug-likeness (QED) is 0.419. The van der Waals surface area contributed by atoms with Crippen molar-refractivity contribution in [3.05, 3.63) is 60.2 Å². The third kappa shape index (κ3) is 4.03. The van der Waals surface area contributed by atoms with Gasteiger partial charge in [0.25, 0.3) is 0 Å². The van der Waals surface area contributed by atoms with E-state index in [2.05, 4.69) is 0 Å². The Morgan fingerprint density at radius 1 is 0.833 bits per heavy atom. The molecule has 2 aromatic carbocycles. The number of imide groups is 1. The average Bonchev–Trinajstić information content (AvgIpc) is 3.03. The summed E-state index contributed by atoms with van der Waals surface area (Å²) in [6, 6.07) is 16.9. The van der Waals surface area contributed by atoms with Gasteiger partial charge in [-0.15, -0.1) is 0 Å².